The maximum absolute atomic E-state index is 6.44. The van der Waals surface area contributed by atoms with E-state index in [2.05, 4.69) is 52.0 Å². The fourth-order valence-corrected chi connectivity index (χ4v) is 5.00. The molecule has 4 aliphatic rings. The van der Waals surface area contributed by atoms with E-state index in [1.54, 1.807) is 0 Å². The third-order valence-corrected chi connectivity index (χ3v) is 6.72. The Balaban J connectivity index is 0.00000156. The van der Waals surface area contributed by atoms with E-state index >= 15 is 0 Å². The van der Waals surface area contributed by atoms with Gasteiger partial charge in [0.25, 0.3) is 0 Å². The van der Waals surface area contributed by atoms with Gasteiger partial charge in [0.15, 0.2) is 0 Å². The quantitative estimate of drug-likeness (QED) is 0.838. The highest BCUT2D eigenvalue weighted by Crippen LogP contribution is 2.65. The second-order valence-electron chi connectivity index (χ2n) is 8.27. The summed E-state index contributed by atoms with van der Waals surface area (Å²) in [6.45, 7) is 9.08. The van der Waals surface area contributed by atoms with Gasteiger partial charge < -0.3 is 15.0 Å². The lowest BCUT2D eigenvalue weighted by molar-refractivity contribution is -0.199. The standard InChI is InChI=1S/C18H26BNO2.ClH/c1-11-5-7-12(8-6-11)16(20)19-21-15-10-13-9-14(17(13,2)3)18(15,4)22-19;/h5-8,13-16H,9-10,20H2,1-4H3;1H/t13-,14-,15+,16-,18-;/m0./s1. The Kier molecular flexibility index (Phi) is 4.12. The smallest absolute Gasteiger partial charge is 0.404 e. The number of aryl methyl sites for hydroxylation is 1. The van der Waals surface area contributed by atoms with Crippen LogP contribution in [0.25, 0.3) is 0 Å². The molecule has 0 aromatic heterocycles. The van der Waals surface area contributed by atoms with E-state index in [-0.39, 0.29) is 37.2 Å². The molecular weight excluding hydrogens is 308 g/mol. The Hall–Kier alpha value is -0.545. The molecule has 0 amide bonds. The molecule has 1 aromatic carbocycles. The first kappa shape index (κ1) is 17.3. The van der Waals surface area contributed by atoms with E-state index in [1.165, 1.54) is 12.0 Å². The van der Waals surface area contributed by atoms with E-state index in [1.807, 2.05) is 0 Å². The lowest BCUT2D eigenvalue weighted by atomic mass is 9.43. The number of halogens is 1. The number of benzene rings is 1. The Labute approximate surface area is 145 Å². The molecule has 4 fully saturated rings. The molecule has 126 valence electrons. The molecular formula is C18H27BClNO2. The van der Waals surface area contributed by atoms with E-state index < -0.39 is 0 Å². The van der Waals surface area contributed by atoms with Crippen LogP contribution in [0.15, 0.2) is 24.3 Å². The number of hydrogen-bond acceptors (Lipinski definition) is 3. The summed E-state index contributed by atoms with van der Waals surface area (Å²) in [4.78, 5) is 0. The monoisotopic (exact) mass is 335 g/mol. The highest BCUT2D eigenvalue weighted by molar-refractivity contribution is 6.47. The highest BCUT2D eigenvalue weighted by atomic mass is 35.5. The lowest BCUT2D eigenvalue weighted by Gasteiger charge is -2.64. The molecule has 2 bridgehead atoms. The van der Waals surface area contributed by atoms with Gasteiger partial charge in [0, 0.05) is 0 Å². The molecule has 1 aromatic rings. The van der Waals surface area contributed by atoms with Crippen LogP contribution >= 0.6 is 12.4 Å². The van der Waals surface area contributed by atoms with Crippen molar-refractivity contribution in [1.82, 2.24) is 0 Å². The molecule has 5 heteroatoms. The number of hydrogen-bond donors (Lipinski definition) is 1. The maximum Gasteiger partial charge on any atom is 0.480 e. The molecule has 3 nitrogen and oxygen atoms in total. The first-order chi connectivity index (χ1) is 10.3. The summed E-state index contributed by atoms with van der Waals surface area (Å²) in [5.74, 6) is 1.14. The molecule has 5 atom stereocenters. The summed E-state index contributed by atoms with van der Waals surface area (Å²) in [6.07, 6.45) is 2.58. The summed E-state index contributed by atoms with van der Waals surface area (Å²) in [6, 6.07) is 8.36. The van der Waals surface area contributed by atoms with Crippen molar-refractivity contribution in [1.29, 1.82) is 0 Å². The van der Waals surface area contributed by atoms with Gasteiger partial charge in [-0.25, -0.2) is 0 Å². The van der Waals surface area contributed by atoms with Crippen LogP contribution < -0.4 is 5.73 Å². The largest absolute Gasteiger partial charge is 0.480 e. The summed E-state index contributed by atoms with van der Waals surface area (Å²) in [5.41, 5.74) is 8.97. The van der Waals surface area contributed by atoms with Crippen LogP contribution in [-0.4, -0.2) is 18.8 Å². The van der Waals surface area contributed by atoms with Crippen molar-refractivity contribution < 1.29 is 9.31 Å². The maximum atomic E-state index is 6.44. The van der Waals surface area contributed by atoms with Crippen LogP contribution in [-0.2, 0) is 9.31 Å². The topological polar surface area (TPSA) is 44.5 Å². The minimum atomic E-state index is -0.326. The van der Waals surface area contributed by atoms with Gasteiger partial charge >= 0.3 is 7.12 Å². The molecule has 0 unspecified atom stereocenters. The summed E-state index contributed by atoms with van der Waals surface area (Å²) < 4.78 is 12.7. The molecule has 3 saturated carbocycles. The first-order valence-corrected chi connectivity index (χ1v) is 8.48. The van der Waals surface area contributed by atoms with Gasteiger partial charge in [0.1, 0.15) is 0 Å². The van der Waals surface area contributed by atoms with Gasteiger partial charge in [-0.1, -0.05) is 43.7 Å². The third kappa shape index (κ3) is 2.38. The zero-order valence-electron chi connectivity index (χ0n) is 14.4. The Morgan fingerprint density at radius 3 is 2.43 bits per heavy atom. The fourth-order valence-electron chi connectivity index (χ4n) is 5.00. The van der Waals surface area contributed by atoms with Crippen molar-refractivity contribution in [2.24, 2.45) is 23.0 Å². The van der Waals surface area contributed by atoms with Gasteiger partial charge in [0.2, 0.25) is 0 Å². The minimum absolute atomic E-state index is 0. The average Bonchev–Trinajstić information content (AvgIpc) is 2.84. The van der Waals surface area contributed by atoms with Crippen molar-refractivity contribution >= 4 is 19.5 Å². The molecule has 3 aliphatic carbocycles. The molecule has 1 heterocycles. The second-order valence-corrected chi connectivity index (χ2v) is 8.27. The predicted molar refractivity (Wildman–Crippen MR) is 95.5 cm³/mol. The molecule has 0 spiro atoms. The average molecular weight is 336 g/mol. The van der Waals surface area contributed by atoms with Crippen molar-refractivity contribution in [3.63, 3.8) is 0 Å². The van der Waals surface area contributed by atoms with E-state index in [9.17, 15) is 0 Å². The Bertz CT molecular complexity index is 593. The molecule has 2 N–H and O–H groups in total. The predicted octanol–water partition coefficient (Wildman–Crippen LogP) is 3.68. The van der Waals surface area contributed by atoms with Gasteiger partial charge in [-0.05, 0) is 49.5 Å². The van der Waals surface area contributed by atoms with Crippen LogP contribution in [0.1, 0.15) is 50.7 Å². The van der Waals surface area contributed by atoms with Crippen molar-refractivity contribution in [2.75, 3.05) is 0 Å². The summed E-state index contributed by atoms with van der Waals surface area (Å²) >= 11 is 0. The third-order valence-electron chi connectivity index (χ3n) is 6.72. The van der Waals surface area contributed by atoms with Crippen LogP contribution in [0.4, 0.5) is 0 Å². The van der Waals surface area contributed by atoms with E-state index in [0.29, 0.717) is 11.3 Å². The van der Waals surface area contributed by atoms with Gasteiger partial charge in [0.05, 0.1) is 17.6 Å². The zero-order chi connectivity index (χ0) is 15.7. The van der Waals surface area contributed by atoms with Crippen molar-refractivity contribution in [3.8, 4) is 0 Å². The Morgan fingerprint density at radius 1 is 1.17 bits per heavy atom. The van der Waals surface area contributed by atoms with E-state index in [4.69, 9.17) is 15.0 Å². The Morgan fingerprint density at radius 2 is 1.83 bits per heavy atom. The van der Waals surface area contributed by atoms with Gasteiger partial charge in [-0.2, -0.15) is 0 Å². The summed E-state index contributed by atoms with van der Waals surface area (Å²) in [7, 11) is -0.326. The number of rotatable bonds is 2. The SMILES string of the molecule is Cc1ccc([C@H](N)B2O[C@@H]3C[C@@H]4C[C@@H](C4(C)C)[C@]3(C)O2)cc1.Cl. The number of nitrogens with two attached hydrogens (primary N) is 1. The van der Waals surface area contributed by atoms with Crippen molar-refractivity contribution in [3.05, 3.63) is 35.4 Å². The van der Waals surface area contributed by atoms with Gasteiger partial charge in [-0.15, -0.1) is 12.4 Å². The van der Waals surface area contributed by atoms with Crippen LogP contribution in [0.2, 0.25) is 0 Å². The van der Waals surface area contributed by atoms with Crippen LogP contribution in [0.3, 0.4) is 0 Å². The minimum Gasteiger partial charge on any atom is -0.404 e. The molecule has 23 heavy (non-hydrogen) atoms. The second kappa shape index (κ2) is 5.49. The highest BCUT2D eigenvalue weighted by Gasteiger charge is 2.68. The molecule has 5 rings (SSSR count). The zero-order valence-corrected chi connectivity index (χ0v) is 15.2. The normalized spacial score (nSPS) is 38.3. The van der Waals surface area contributed by atoms with Crippen molar-refractivity contribution in [2.45, 2.75) is 58.2 Å². The fraction of sp³-hybridized carbons (Fsp3) is 0.667. The molecule has 0 radical (unpaired) electrons. The van der Waals surface area contributed by atoms with Crippen LogP contribution in [0, 0.1) is 24.2 Å². The summed E-state index contributed by atoms with van der Waals surface area (Å²) in [5, 5.41) is 0. The lowest BCUT2D eigenvalue weighted by Crippen LogP contribution is -2.65. The molecule has 1 saturated heterocycles. The first-order valence-electron chi connectivity index (χ1n) is 8.48. The van der Waals surface area contributed by atoms with Gasteiger partial charge in [-0.3, -0.25) is 0 Å². The molecule has 1 aliphatic heterocycles. The van der Waals surface area contributed by atoms with E-state index in [0.717, 1.165) is 17.9 Å². The van der Waals surface area contributed by atoms with Crippen LogP contribution in [0.5, 0.6) is 0 Å².